The molecule has 1 amide bonds. The van der Waals surface area contributed by atoms with E-state index >= 15 is 0 Å². The van der Waals surface area contributed by atoms with Gasteiger partial charge >= 0.3 is 5.63 Å². The number of amides is 1. The maximum atomic E-state index is 12.2. The van der Waals surface area contributed by atoms with Gasteiger partial charge in [-0.2, -0.15) is 0 Å². The van der Waals surface area contributed by atoms with Gasteiger partial charge in [0, 0.05) is 22.5 Å². The molecule has 7 heteroatoms. The number of halogens is 2. The molecule has 5 nitrogen and oxygen atoms in total. The Labute approximate surface area is 165 Å². The minimum atomic E-state index is -0.459. The molecule has 2 aromatic carbocycles. The Kier molecular flexibility index (Phi) is 5.73. The van der Waals surface area contributed by atoms with Crippen LogP contribution in [0.4, 0.5) is 0 Å². The number of benzene rings is 2. The van der Waals surface area contributed by atoms with Crippen molar-refractivity contribution in [2.75, 3.05) is 6.61 Å². The average molecular weight is 406 g/mol. The molecule has 0 aliphatic carbocycles. The summed E-state index contributed by atoms with van der Waals surface area (Å²) in [5.74, 6) is -0.0669. The number of carbonyl (C=O) groups excluding carboxylic acids is 1. The van der Waals surface area contributed by atoms with Crippen LogP contribution in [-0.4, -0.2) is 12.5 Å². The highest BCUT2D eigenvalue weighted by molar-refractivity contribution is 6.33. The second-order valence-electron chi connectivity index (χ2n) is 6.13. The minimum absolute atomic E-state index is 0.240. The van der Waals surface area contributed by atoms with Crippen LogP contribution in [0.1, 0.15) is 24.1 Å². The van der Waals surface area contributed by atoms with Crippen LogP contribution in [0, 0.1) is 6.92 Å². The lowest BCUT2D eigenvalue weighted by Crippen LogP contribution is -2.31. The summed E-state index contributed by atoms with van der Waals surface area (Å²) in [5.41, 5.74) is 1.46. The van der Waals surface area contributed by atoms with Crippen LogP contribution in [0.3, 0.4) is 0 Å². The molecule has 1 aromatic heterocycles. The van der Waals surface area contributed by atoms with Gasteiger partial charge in [0.25, 0.3) is 5.91 Å². The Balaban J connectivity index is 1.71. The molecule has 0 spiro atoms. The largest absolute Gasteiger partial charge is 0.482 e. The molecule has 3 aromatic rings. The molecule has 27 heavy (non-hydrogen) atoms. The molecule has 1 heterocycles. The van der Waals surface area contributed by atoms with Gasteiger partial charge in [-0.15, -0.1) is 0 Å². The second-order valence-corrected chi connectivity index (χ2v) is 6.94. The SMILES string of the molecule is Cc1cc(=O)oc2cc(OCC(=O)N[C@@H](C)c3ccccc3Cl)c(Cl)cc12. The number of hydrogen-bond donors (Lipinski definition) is 1. The molecule has 0 saturated carbocycles. The second kappa shape index (κ2) is 8.03. The standard InChI is InChI=1S/C20H17Cl2NO4/c1-11-7-20(25)27-17-9-18(16(22)8-14(11)17)26-10-19(24)23-12(2)13-5-3-4-6-15(13)21/h3-9,12H,10H2,1-2H3,(H,23,24)/t12-/m0/s1. The van der Waals surface area contributed by atoms with E-state index in [-0.39, 0.29) is 24.3 Å². The Morgan fingerprint density at radius 2 is 1.93 bits per heavy atom. The lowest BCUT2D eigenvalue weighted by Gasteiger charge is -2.16. The molecule has 0 saturated heterocycles. The Morgan fingerprint density at radius 1 is 1.19 bits per heavy atom. The van der Waals surface area contributed by atoms with Gasteiger partial charge < -0.3 is 14.5 Å². The highest BCUT2D eigenvalue weighted by atomic mass is 35.5. The maximum Gasteiger partial charge on any atom is 0.336 e. The quantitative estimate of drug-likeness (QED) is 0.626. The summed E-state index contributed by atoms with van der Waals surface area (Å²) in [4.78, 5) is 23.7. The van der Waals surface area contributed by atoms with Crippen LogP contribution in [0.2, 0.25) is 10.0 Å². The fraction of sp³-hybridized carbons (Fsp3) is 0.200. The van der Waals surface area contributed by atoms with Crippen molar-refractivity contribution in [1.82, 2.24) is 5.32 Å². The Hall–Kier alpha value is -2.50. The van der Waals surface area contributed by atoms with E-state index in [1.54, 1.807) is 19.1 Å². The zero-order valence-corrected chi connectivity index (χ0v) is 16.2. The van der Waals surface area contributed by atoms with Crippen molar-refractivity contribution in [2.45, 2.75) is 19.9 Å². The lowest BCUT2D eigenvalue weighted by molar-refractivity contribution is -0.123. The lowest BCUT2D eigenvalue weighted by atomic mass is 10.1. The normalized spacial score (nSPS) is 12.0. The molecular formula is C20H17Cl2NO4. The van der Waals surface area contributed by atoms with Gasteiger partial charge in [0.2, 0.25) is 0 Å². The first kappa shape index (κ1) is 19.3. The molecule has 1 N–H and O–H groups in total. The third kappa shape index (κ3) is 4.43. The van der Waals surface area contributed by atoms with Crippen LogP contribution >= 0.6 is 23.2 Å². The number of ether oxygens (including phenoxy) is 1. The van der Waals surface area contributed by atoms with Gasteiger partial charge in [0.1, 0.15) is 11.3 Å². The van der Waals surface area contributed by atoms with Crippen LogP contribution in [0.5, 0.6) is 5.75 Å². The molecule has 0 aliphatic heterocycles. The predicted molar refractivity (Wildman–Crippen MR) is 106 cm³/mol. The third-order valence-electron chi connectivity index (χ3n) is 4.11. The van der Waals surface area contributed by atoms with Crippen LogP contribution in [0.25, 0.3) is 11.0 Å². The van der Waals surface area contributed by atoms with Gasteiger partial charge in [-0.3, -0.25) is 4.79 Å². The van der Waals surface area contributed by atoms with Crippen molar-refractivity contribution in [3.8, 4) is 5.75 Å². The first-order valence-corrected chi connectivity index (χ1v) is 9.01. The zero-order valence-electron chi connectivity index (χ0n) is 14.7. The number of carbonyl (C=O) groups is 1. The highest BCUT2D eigenvalue weighted by Crippen LogP contribution is 2.31. The number of nitrogens with one attached hydrogen (secondary N) is 1. The predicted octanol–water partition coefficient (Wildman–Crippen LogP) is 4.66. The first-order valence-electron chi connectivity index (χ1n) is 8.25. The highest BCUT2D eigenvalue weighted by Gasteiger charge is 2.14. The number of rotatable bonds is 5. The van der Waals surface area contributed by atoms with E-state index in [2.05, 4.69) is 5.32 Å². The van der Waals surface area contributed by atoms with Crippen LogP contribution in [0.15, 0.2) is 51.7 Å². The van der Waals surface area contributed by atoms with Gasteiger partial charge in [0.15, 0.2) is 6.61 Å². The Bertz CT molecular complexity index is 1060. The van der Waals surface area contributed by atoms with Crippen molar-refractivity contribution < 1.29 is 13.9 Å². The monoisotopic (exact) mass is 405 g/mol. The van der Waals surface area contributed by atoms with E-state index in [9.17, 15) is 9.59 Å². The van der Waals surface area contributed by atoms with Gasteiger partial charge in [-0.25, -0.2) is 4.79 Å². The van der Waals surface area contributed by atoms with E-state index in [0.717, 1.165) is 11.1 Å². The van der Waals surface area contributed by atoms with E-state index in [1.807, 2.05) is 25.1 Å². The average Bonchev–Trinajstić information content (AvgIpc) is 2.61. The van der Waals surface area contributed by atoms with Gasteiger partial charge in [-0.05, 0) is 37.1 Å². The Morgan fingerprint density at radius 3 is 2.67 bits per heavy atom. The number of fused-ring (bicyclic) bond motifs is 1. The molecule has 0 unspecified atom stereocenters. The molecule has 0 bridgehead atoms. The van der Waals surface area contributed by atoms with Crippen molar-refractivity contribution in [3.05, 3.63) is 74.1 Å². The zero-order chi connectivity index (χ0) is 19.6. The summed E-state index contributed by atoms with van der Waals surface area (Å²) in [6.07, 6.45) is 0. The smallest absolute Gasteiger partial charge is 0.336 e. The summed E-state index contributed by atoms with van der Waals surface area (Å²) in [7, 11) is 0. The maximum absolute atomic E-state index is 12.2. The number of aryl methyl sites for hydroxylation is 1. The van der Waals surface area contributed by atoms with Crippen molar-refractivity contribution in [3.63, 3.8) is 0 Å². The molecule has 0 radical (unpaired) electrons. The van der Waals surface area contributed by atoms with E-state index < -0.39 is 5.63 Å². The van der Waals surface area contributed by atoms with E-state index in [4.69, 9.17) is 32.4 Å². The molecule has 3 rings (SSSR count). The van der Waals surface area contributed by atoms with Gasteiger partial charge in [0.05, 0.1) is 11.1 Å². The van der Waals surface area contributed by atoms with Crippen molar-refractivity contribution >= 4 is 40.1 Å². The summed E-state index contributed by atoms with van der Waals surface area (Å²) >= 11 is 12.4. The molecule has 1 atom stereocenters. The molecular weight excluding hydrogens is 389 g/mol. The summed E-state index contributed by atoms with van der Waals surface area (Å²) in [5, 5.41) is 4.43. The van der Waals surface area contributed by atoms with Gasteiger partial charge in [-0.1, -0.05) is 41.4 Å². The van der Waals surface area contributed by atoms with Crippen LogP contribution in [-0.2, 0) is 4.79 Å². The fourth-order valence-corrected chi connectivity index (χ4v) is 3.28. The molecule has 0 fully saturated rings. The third-order valence-corrected chi connectivity index (χ3v) is 4.75. The summed E-state index contributed by atoms with van der Waals surface area (Å²) < 4.78 is 10.7. The topological polar surface area (TPSA) is 68.5 Å². The summed E-state index contributed by atoms with van der Waals surface area (Å²) in [6, 6.07) is 11.6. The molecule has 0 aliphatic rings. The first-order chi connectivity index (χ1) is 12.8. The van der Waals surface area contributed by atoms with Crippen molar-refractivity contribution in [1.29, 1.82) is 0 Å². The van der Waals surface area contributed by atoms with E-state index in [1.165, 1.54) is 12.1 Å². The van der Waals surface area contributed by atoms with Crippen LogP contribution < -0.4 is 15.7 Å². The molecule has 140 valence electrons. The number of hydrogen-bond acceptors (Lipinski definition) is 4. The minimum Gasteiger partial charge on any atom is -0.482 e. The van der Waals surface area contributed by atoms with Crippen molar-refractivity contribution in [2.24, 2.45) is 0 Å². The van der Waals surface area contributed by atoms with E-state index in [0.29, 0.717) is 21.0 Å². The summed E-state index contributed by atoms with van der Waals surface area (Å²) in [6.45, 7) is 3.38. The fourth-order valence-electron chi connectivity index (χ4n) is 2.76.